The van der Waals surface area contributed by atoms with E-state index in [9.17, 15) is 4.79 Å². The van der Waals surface area contributed by atoms with Gasteiger partial charge in [0.2, 0.25) is 0 Å². The number of ether oxygens (including phenoxy) is 1. The van der Waals surface area contributed by atoms with E-state index in [1.807, 2.05) is 25.3 Å². The van der Waals surface area contributed by atoms with Crippen molar-refractivity contribution in [2.75, 3.05) is 7.11 Å². The molecule has 0 saturated heterocycles. The fourth-order valence-corrected chi connectivity index (χ4v) is 3.22. The van der Waals surface area contributed by atoms with Crippen LogP contribution >= 0.6 is 27.3 Å². The fraction of sp³-hybridized carbons (Fsp3) is 0.500. The Kier molecular flexibility index (Phi) is 4.13. The molecule has 1 atom stereocenters. The minimum absolute atomic E-state index is 0.158. The normalized spacial score (nSPS) is 12.9. The number of carbonyl (C=O) groups is 1. The van der Waals surface area contributed by atoms with Gasteiger partial charge in [-0.15, -0.1) is 11.3 Å². The summed E-state index contributed by atoms with van der Waals surface area (Å²) in [5.41, 5.74) is 0. The van der Waals surface area contributed by atoms with Crippen molar-refractivity contribution in [3.8, 4) is 0 Å². The molecule has 0 saturated carbocycles. The Hall–Kier alpha value is -0.350. The first-order valence-electron chi connectivity index (χ1n) is 4.38. The lowest BCUT2D eigenvalue weighted by atomic mass is 9.94. The first-order chi connectivity index (χ1) is 6.57. The van der Waals surface area contributed by atoms with Gasteiger partial charge in [-0.05, 0) is 33.3 Å². The molecular formula is C10H13BrO2S. The lowest BCUT2D eigenvalue weighted by Gasteiger charge is -2.17. The van der Waals surface area contributed by atoms with Gasteiger partial charge in [-0.2, -0.15) is 0 Å². The van der Waals surface area contributed by atoms with E-state index in [4.69, 9.17) is 4.74 Å². The molecule has 0 bridgehead atoms. The Morgan fingerprint density at radius 3 is 2.57 bits per heavy atom. The molecule has 0 N–H and O–H groups in total. The van der Waals surface area contributed by atoms with Gasteiger partial charge in [0.25, 0.3) is 0 Å². The van der Waals surface area contributed by atoms with E-state index in [1.54, 1.807) is 11.3 Å². The van der Waals surface area contributed by atoms with E-state index in [1.165, 1.54) is 7.11 Å². The number of carbonyl (C=O) groups excluding carboxylic acids is 1. The van der Waals surface area contributed by atoms with Crippen LogP contribution in [0.4, 0.5) is 0 Å². The van der Waals surface area contributed by atoms with Crippen molar-refractivity contribution in [1.82, 2.24) is 0 Å². The van der Waals surface area contributed by atoms with Crippen LogP contribution in [0.25, 0.3) is 0 Å². The largest absolute Gasteiger partial charge is 0.469 e. The molecular weight excluding hydrogens is 264 g/mol. The van der Waals surface area contributed by atoms with Crippen LogP contribution in [-0.4, -0.2) is 13.1 Å². The molecule has 0 fully saturated rings. The molecule has 78 valence electrons. The molecule has 0 radical (unpaired) electrons. The van der Waals surface area contributed by atoms with Crippen LogP contribution in [0.3, 0.4) is 0 Å². The van der Waals surface area contributed by atoms with E-state index in [0.717, 1.165) is 9.35 Å². The molecule has 0 spiro atoms. The summed E-state index contributed by atoms with van der Waals surface area (Å²) in [7, 11) is 1.43. The second-order valence-corrected chi connectivity index (χ2v) is 5.18. The van der Waals surface area contributed by atoms with Crippen LogP contribution in [0.15, 0.2) is 15.9 Å². The molecule has 0 aliphatic carbocycles. The highest BCUT2D eigenvalue weighted by atomic mass is 79.9. The summed E-state index contributed by atoms with van der Waals surface area (Å²) in [6.07, 6.45) is 0. The highest BCUT2D eigenvalue weighted by Gasteiger charge is 2.27. The number of hydrogen-bond donors (Lipinski definition) is 0. The van der Waals surface area contributed by atoms with Gasteiger partial charge in [0, 0.05) is 9.35 Å². The van der Waals surface area contributed by atoms with E-state index in [0.29, 0.717) is 0 Å². The maximum absolute atomic E-state index is 11.6. The smallest absolute Gasteiger partial charge is 0.314 e. The number of rotatable bonds is 3. The Balaban J connectivity index is 3.00. The van der Waals surface area contributed by atoms with Gasteiger partial charge in [-0.1, -0.05) is 13.8 Å². The quantitative estimate of drug-likeness (QED) is 0.791. The monoisotopic (exact) mass is 276 g/mol. The molecule has 0 aliphatic rings. The SMILES string of the molecule is COC(=O)C(c1sccc1Br)C(C)C. The van der Waals surface area contributed by atoms with Crippen LogP contribution in [0.2, 0.25) is 0 Å². The van der Waals surface area contributed by atoms with Gasteiger partial charge < -0.3 is 4.74 Å². The Morgan fingerprint density at radius 1 is 1.57 bits per heavy atom. The van der Waals surface area contributed by atoms with Crippen molar-refractivity contribution < 1.29 is 9.53 Å². The minimum atomic E-state index is -0.164. The van der Waals surface area contributed by atoms with Crippen LogP contribution < -0.4 is 0 Å². The van der Waals surface area contributed by atoms with E-state index in [-0.39, 0.29) is 17.8 Å². The van der Waals surface area contributed by atoms with E-state index < -0.39 is 0 Å². The molecule has 2 nitrogen and oxygen atoms in total. The van der Waals surface area contributed by atoms with Crippen molar-refractivity contribution in [3.05, 3.63) is 20.8 Å². The zero-order chi connectivity index (χ0) is 10.7. The van der Waals surface area contributed by atoms with E-state index in [2.05, 4.69) is 15.9 Å². The van der Waals surface area contributed by atoms with Crippen molar-refractivity contribution in [2.45, 2.75) is 19.8 Å². The van der Waals surface area contributed by atoms with Crippen molar-refractivity contribution in [2.24, 2.45) is 5.92 Å². The summed E-state index contributed by atoms with van der Waals surface area (Å²) in [6.45, 7) is 4.04. The van der Waals surface area contributed by atoms with Crippen molar-refractivity contribution >= 4 is 33.2 Å². The summed E-state index contributed by atoms with van der Waals surface area (Å²) in [4.78, 5) is 12.6. The predicted octanol–water partition coefficient (Wildman–Crippen LogP) is 3.42. The van der Waals surface area contributed by atoms with Crippen LogP contribution in [0.1, 0.15) is 24.6 Å². The maximum Gasteiger partial charge on any atom is 0.314 e. The summed E-state index contributed by atoms with van der Waals surface area (Å²) < 4.78 is 5.79. The first-order valence-corrected chi connectivity index (χ1v) is 6.06. The lowest BCUT2D eigenvalue weighted by molar-refractivity contribution is -0.143. The van der Waals surface area contributed by atoms with E-state index >= 15 is 0 Å². The predicted molar refractivity (Wildman–Crippen MR) is 61.6 cm³/mol. The van der Waals surface area contributed by atoms with Crippen molar-refractivity contribution in [3.63, 3.8) is 0 Å². The number of esters is 1. The molecule has 14 heavy (non-hydrogen) atoms. The maximum atomic E-state index is 11.6. The van der Waals surface area contributed by atoms with Gasteiger partial charge in [0.1, 0.15) is 0 Å². The second kappa shape index (κ2) is 4.94. The molecule has 0 aromatic carbocycles. The van der Waals surface area contributed by atoms with Gasteiger partial charge in [0.05, 0.1) is 13.0 Å². The molecule has 1 aromatic rings. The zero-order valence-electron chi connectivity index (χ0n) is 8.41. The van der Waals surface area contributed by atoms with Gasteiger partial charge in [-0.3, -0.25) is 4.79 Å². The van der Waals surface area contributed by atoms with Crippen LogP contribution in [0, 0.1) is 5.92 Å². The number of thiophene rings is 1. The third kappa shape index (κ3) is 2.36. The average Bonchev–Trinajstić information content (AvgIpc) is 2.52. The van der Waals surface area contributed by atoms with Gasteiger partial charge >= 0.3 is 5.97 Å². The van der Waals surface area contributed by atoms with Crippen molar-refractivity contribution in [1.29, 1.82) is 0 Å². The first kappa shape index (κ1) is 11.7. The summed E-state index contributed by atoms with van der Waals surface area (Å²) in [5, 5.41) is 1.97. The second-order valence-electron chi connectivity index (χ2n) is 3.38. The Bertz CT molecular complexity index is 320. The summed E-state index contributed by atoms with van der Waals surface area (Å²) in [5.74, 6) is -0.0741. The average molecular weight is 277 g/mol. The number of hydrogen-bond acceptors (Lipinski definition) is 3. The highest BCUT2D eigenvalue weighted by molar-refractivity contribution is 9.10. The fourth-order valence-electron chi connectivity index (χ4n) is 1.34. The highest BCUT2D eigenvalue weighted by Crippen LogP contribution is 2.35. The summed E-state index contributed by atoms with van der Waals surface area (Å²) in [6, 6.07) is 1.96. The third-order valence-electron chi connectivity index (χ3n) is 2.05. The standard InChI is InChI=1S/C10H13BrO2S/c1-6(2)8(10(12)13-3)9-7(11)4-5-14-9/h4-6,8H,1-3H3. The topological polar surface area (TPSA) is 26.3 Å². The third-order valence-corrected chi connectivity index (χ3v) is 4.00. The molecule has 0 amide bonds. The molecule has 4 heteroatoms. The lowest BCUT2D eigenvalue weighted by Crippen LogP contribution is -2.18. The van der Waals surface area contributed by atoms with Gasteiger partial charge in [-0.25, -0.2) is 0 Å². The number of methoxy groups -OCH3 is 1. The Morgan fingerprint density at radius 2 is 2.21 bits per heavy atom. The number of halogens is 1. The minimum Gasteiger partial charge on any atom is -0.469 e. The van der Waals surface area contributed by atoms with Crippen LogP contribution in [-0.2, 0) is 9.53 Å². The van der Waals surface area contributed by atoms with Crippen LogP contribution in [0.5, 0.6) is 0 Å². The molecule has 1 heterocycles. The Labute approximate surface area is 96.4 Å². The molecule has 0 aliphatic heterocycles. The van der Waals surface area contributed by atoms with Gasteiger partial charge in [0.15, 0.2) is 0 Å². The molecule has 1 unspecified atom stereocenters. The zero-order valence-corrected chi connectivity index (χ0v) is 10.8. The molecule has 1 aromatic heterocycles. The molecule has 1 rings (SSSR count). The summed E-state index contributed by atoms with van der Waals surface area (Å²) >= 11 is 5.02.